The van der Waals surface area contributed by atoms with Crippen LogP contribution in [0.5, 0.6) is 0 Å². The summed E-state index contributed by atoms with van der Waals surface area (Å²) in [5, 5.41) is 4.65. The molecule has 23 heavy (non-hydrogen) atoms. The number of hydrogen-bond acceptors (Lipinski definition) is 4. The summed E-state index contributed by atoms with van der Waals surface area (Å²) in [6, 6.07) is 9.16. The van der Waals surface area contributed by atoms with Crippen LogP contribution < -0.4 is 10.9 Å². The molecule has 0 atom stereocenters. The summed E-state index contributed by atoms with van der Waals surface area (Å²) in [5.41, 5.74) is 1.59. The average Bonchev–Trinajstić information content (AvgIpc) is 2.86. The van der Waals surface area contributed by atoms with Crippen molar-refractivity contribution in [3.8, 4) is 0 Å². The van der Waals surface area contributed by atoms with Crippen molar-refractivity contribution in [2.75, 3.05) is 0 Å². The monoisotopic (exact) mass is 327 g/mol. The molecule has 3 aromatic rings. The number of nitrogens with one attached hydrogen (secondary N) is 1. The van der Waals surface area contributed by atoms with Gasteiger partial charge in [0.25, 0.3) is 11.5 Å². The van der Waals surface area contributed by atoms with Crippen LogP contribution in [0.25, 0.3) is 10.9 Å². The highest BCUT2D eigenvalue weighted by molar-refractivity contribution is 7.11. The fraction of sp³-hybridized carbons (Fsp3) is 0.235. The van der Waals surface area contributed by atoms with Crippen molar-refractivity contribution >= 4 is 28.1 Å². The molecule has 2 aromatic heterocycles. The lowest BCUT2D eigenvalue weighted by Crippen LogP contribution is -2.32. The van der Waals surface area contributed by atoms with E-state index in [0.29, 0.717) is 6.54 Å². The fourth-order valence-electron chi connectivity index (χ4n) is 2.58. The Balaban J connectivity index is 1.90. The maximum atomic E-state index is 12.4. The topological polar surface area (TPSA) is 64.0 Å². The number of pyridine rings is 1. The van der Waals surface area contributed by atoms with Gasteiger partial charge in [-0.25, -0.2) is 4.98 Å². The summed E-state index contributed by atoms with van der Waals surface area (Å²) < 4.78 is 1.51. The smallest absolute Gasteiger partial charge is 0.263 e. The molecule has 0 spiro atoms. The van der Waals surface area contributed by atoms with Gasteiger partial charge in [-0.15, -0.1) is 11.3 Å². The number of amides is 1. The first-order valence-corrected chi connectivity index (χ1v) is 8.09. The molecule has 0 saturated heterocycles. The average molecular weight is 327 g/mol. The van der Waals surface area contributed by atoms with Crippen LogP contribution in [0, 0.1) is 13.8 Å². The number of aryl methyl sites for hydroxylation is 3. The molecule has 5 nitrogen and oxygen atoms in total. The number of carbonyl (C=O) groups is 1. The standard InChI is InChI=1S/C17H17N3O2S/c1-10-15(23-11(2)19-10)9-18-16(21)13-8-12-6-4-5-7-14(12)20(3)17(13)22/h4-8H,9H2,1-3H3,(H,18,21). The maximum absolute atomic E-state index is 12.4. The van der Waals surface area contributed by atoms with Gasteiger partial charge in [0.1, 0.15) is 5.56 Å². The van der Waals surface area contributed by atoms with E-state index in [9.17, 15) is 9.59 Å². The second-order valence-corrected chi connectivity index (χ2v) is 6.69. The van der Waals surface area contributed by atoms with Crippen molar-refractivity contribution in [3.63, 3.8) is 0 Å². The molecule has 6 heteroatoms. The van der Waals surface area contributed by atoms with Gasteiger partial charge in [-0.1, -0.05) is 18.2 Å². The van der Waals surface area contributed by atoms with Gasteiger partial charge in [0, 0.05) is 11.9 Å². The second-order valence-electron chi connectivity index (χ2n) is 5.41. The van der Waals surface area contributed by atoms with Crippen molar-refractivity contribution in [1.82, 2.24) is 14.9 Å². The van der Waals surface area contributed by atoms with E-state index in [-0.39, 0.29) is 17.0 Å². The Hall–Kier alpha value is -2.47. The van der Waals surface area contributed by atoms with E-state index in [0.717, 1.165) is 26.5 Å². The lowest BCUT2D eigenvalue weighted by atomic mass is 10.1. The molecular weight excluding hydrogens is 310 g/mol. The van der Waals surface area contributed by atoms with Crippen LogP contribution in [0.4, 0.5) is 0 Å². The highest BCUT2D eigenvalue weighted by Crippen LogP contribution is 2.17. The molecule has 1 N–H and O–H groups in total. The van der Waals surface area contributed by atoms with Gasteiger partial charge < -0.3 is 9.88 Å². The Bertz CT molecular complexity index is 956. The third-order valence-corrected chi connectivity index (χ3v) is 4.86. The van der Waals surface area contributed by atoms with Crippen LogP contribution in [0.15, 0.2) is 35.1 Å². The molecule has 0 saturated carbocycles. The third kappa shape index (κ3) is 2.90. The molecule has 0 aliphatic rings. The molecule has 0 fully saturated rings. The predicted molar refractivity (Wildman–Crippen MR) is 91.9 cm³/mol. The number of para-hydroxylation sites is 1. The number of benzene rings is 1. The van der Waals surface area contributed by atoms with Crippen LogP contribution in [-0.2, 0) is 13.6 Å². The van der Waals surface area contributed by atoms with Crippen LogP contribution in [0.3, 0.4) is 0 Å². The summed E-state index contributed by atoms with van der Waals surface area (Å²) in [4.78, 5) is 30.2. The Kier molecular flexibility index (Phi) is 4.00. The zero-order valence-corrected chi connectivity index (χ0v) is 14.0. The molecule has 3 rings (SSSR count). The number of aromatic nitrogens is 2. The number of nitrogens with zero attached hydrogens (tertiary/aromatic N) is 2. The molecule has 0 radical (unpaired) electrons. The van der Waals surface area contributed by atoms with Gasteiger partial charge in [0.2, 0.25) is 0 Å². The minimum Gasteiger partial charge on any atom is -0.347 e. The summed E-state index contributed by atoms with van der Waals surface area (Å²) in [6.45, 7) is 4.23. The van der Waals surface area contributed by atoms with Gasteiger partial charge >= 0.3 is 0 Å². The molecule has 0 bridgehead atoms. The molecular formula is C17H17N3O2S. The second kappa shape index (κ2) is 5.96. The van der Waals surface area contributed by atoms with E-state index in [1.807, 2.05) is 38.1 Å². The van der Waals surface area contributed by atoms with Crippen molar-refractivity contribution in [1.29, 1.82) is 0 Å². The quantitative estimate of drug-likeness (QED) is 0.804. The number of carbonyl (C=O) groups excluding carboxylic acids is 1. The van der Waals surface area contributed by atoms with Gasteiger partial charge in [0.15, 0.2) is 0 Å². The Morgan fingerprint density at radius 2 is 2.04 bits per heavy atom. The van der Waals surface area contributed by atoms with Crippen LogP contribution in [0.2, 0.25) is 0 Å². The fourth-order valence-corrected chi connectivity index (χ4v) is 3.46. The van der Waals surface area contributed by atoms with E-state index in [1.165, 1.54) is 4.57 Å². The summed E-state index contributed by atoms with van der Waals surface area (Å²) >= 11 is 1.55. The molecule has 0 unspecified atom stereocenters. The third-order valence-electron chi connectivity index (χ3n) is 3.79. The van der Waals surface area contributed by atoms with E-state index in [4.69, 9.17) is 0 Å². The molecule has 1 amide bonds. The summed E-state index contributed by atoms with van der Waals surface area (Å²) in [7, 11) is 1.68. The van der Waals surface area contributed by atoms with Gasteiger partial charge in [-0.05, 0) is 31.4 Å². The van der Waals surface area contributed by atoms with Gasteiger partial charge in [0.05, 0.1) is 22.8 Å². The van der Waals surface area contributed by atoms with Crippen molar-refractivity contribution in [2.24, 2.45) is 7.05 Å². The Morgan fingerprint density at radius 3 is 2.74 bits per heavy atom. The molecule has 0 aliphatic carbocycles. The number of thiazole rings is 1. The normalized spacial score (nSPS) is 10.9. The van der Waals surface area contributed by atoms with E-state index < -0.39 is 0 Å². The maximum Gasteiger partial charge on any atom is 0.263 e. The first kappa shape index (κ1) is 15.4. The molecule has 2 heterocycles. The number of rotatable bonds is 3. The highest BCUT2D eigenvalue weighted by atomic mass is 32.1. The van der Waals surface area contributed by atoms with Crippen molar-refractivity contribution in [2.45, 2.75) is 20.4 Å². The van der Waals surface area contributed by atoms with Crippen LogP contribution in [0.1, 0.15) is 25.9 Å². The lowest BCUT2D eigenvalue weighted by molar-refractivity contribution is 0.0949. The molecule has 0 aliphatic heterocycles. The van der Waals surface area contributed by atoms with Crippen LogP contribution in [-0.4, -0.2) is 15.5 Å². The van der Waals surface area contributed by atoms with Crippen LogP contribution >= 0.6 is 11.3 Å². The minimum atomic E-state index is -0.359. The SMILES string of the molecule is Cc1nc(C)c(CNC(=O)c2cc3ccccc3n(C)c2=O)s1. The lowest BCUT2D eigenvalue weighted by Gasteiger charge is -2.09. The van der Waals surface area contributed by atoms with Gasteiger partial charge in [-0.3, -0.25) is 9.59 Å². The van der Waals surface area contributed by atoms with E-state index in [2.05, 4.69) is 10.3 Å². The predicted octanol–water partition coefficient (Wildman–Crippen LogP) is 2.54. The number of hydrogen-bond donors (Lipinski definition) is 1. The highest BCUT2D eigenvalue weighted by Gasteiger charge is 2.15. The van der Waals surface area contributed by atoms with E-state index >= 15 is 0 Å². The van der Waals surface area contributed by atoms with Crippen molar-refractivity contribution < 1.29 is 4.79 Å². The molecule has 118 valence electrons. The first-order valence-electron chi connectivity index (χ1n) is 7.27. The summed E-state index contributed by atoms with van der Waals surface area (Å²) in [6.07, 6.45) is 0. The zero-order chi connectivity index (χ0) is 16.6. The minimum absolute atomic E-state index is 0.157. The first-order chi connectivity index (χ1) is 11.0. The molecule has 1 aromatic carbocycles. The number of fused-ring (bicyclic) bond motifs is 1. The summed E-state index contributed by atoms with van der Waals surface area (Å²) in [5.74, 6) is -0.359. The van der Waals surface area contributed by atoms with Crippen molar-refractivity contribution in [3.05, 3.63) is 61.8 Å². The Labute approximate surface area is 137 Å². The largest absolute Gasteiger partial charge is 0.347 e. The van der Waals surface area contributed by atoms with Gasteiger partial charge in [-0.2, -0.15) is 0 Å². The zero-order valence-electron chi connectivity index (χ0n) is 13.2. The van der Waals surface area contributed by atoms with E-state index in [1.54, 1.807) is 24.5 Å². The Morgan fingerprint density at radius 1 is 1.30 bits per heavy atom.